The van der Waals surface area contributed by atoms with E-state index in [1.54, 1.807) is 0 Å². The van der Waals surface area contributed by atoms with Crippen molar-refractivity contribution in [2.45, 2.75) is 19.4 Å². The van der Waals surface area contributed by atoms with Gasteiger partial charge in [-0.1, -0.05) is 6.92 Å². The van der Waals surface area contributed by atoms with E-state index in [1.807, 2.05) is 0 Å². The molecule has 0 spiro atoms. The average Bonchev–Trinajstić information content (AvgIpc) is 2.31. The predicted octanol–water partition coefficient (Wildman–Crippen LogP) is -0.486. The third-order valence-electron chi connectivity index (χ3n) is 2.96. The lowest BCUT2D eigenvalue weighted by molar-refractivity contribution is -0.142. The smallest absolute Gasteiger partial charge is 0.323 e. The number of esters is 1. The minimum atomic E-state index is -0.511. The highest BCUT2D eigenvalue weighted by Gasteiger charge is 2.21. The van der Waals surface area contributed by atoms with Crippen LogP contribution in [0.25, 0.3) is 0 Å². The summed E-state index contributed by atoms with van der Waals surface area (Å²) in [6.07, 6.45) is 1.20. The fourth-order valence-corrected chi connectivity index (χ4v) is 2.02. The Morgan fingerprint density at radius 2 is 1.88 bits per heavy atom. The van der Waals surface area contributed by atoms with Crippen LogP contribution in [0, 0.1) is 0 Å². The number of ether oxygens (including phenoxy) is 1. The number of nitrogens with two attached hydrogens (primary N) is 1. The van der Waals surface area contributed by atoms with Crippen molar-refractivity contribution in [2.24, 2.45) is 5.73 Å². The van der Waals surface area contributed by atoms with Gasteiger partial charge in [0, 0.05) is 32.7 Å². The maximum atomic E-state index is 11.2. The van der Waals surface area contributed by atoms with Crippen molar-refractivity contribution in [3.8, 4) is 0 Å². The lowest BCUT2D eigenvalue weighted by Gasteiger charge is -2.35. The molecule has 94 valence electrons. The van der Waals surface area contributed by atoms with Gasteiger partial charge in [-0.25, -0.2) is 0 Å². The molecule has 0 amide bonds. The number of methoxy groups -OCH3 is 1. The summed E-state index contributed by atoms with van der Waals surface area (Å²) in [5.74, 6) is -0.323. The molecule has 1 unspecified atom stereocenters. The van der Waals surface area contributed by atoms with Crippen LogP contribution in [0.15, 0.2) is 0 Å². The van der Waals surface area contributed by atoms with Crippen molar-refractivity contribution in [2.75, 3.05) is 46.4 Å². The topological polar surface area (TPSA) is 58.8 Å². The van der Waals surface area contributed by atoms with Crippen molar-refractivity contribution >= 4 is 5.97 Å². The summed E-state index contributed by atoms with van der Waals surface area (Å²) in [4.78, 5) is 15.8. The standard InChI is InChI=1S/C11H23N3O2/c1-3-4-13-5-7-14(8-6-13)9-10(12)11(15)16-2/h10H,3-9,12H2,1-2H3. The maximum absolute atomic E-state index is 11.2. The number of hydrogen-bond acceptors (Lipinski definition) is 5. The molecule has 0 radical (unpaired) electrons. The second kappa shape index (κ2) is 6.83. The molecule has 1 aliphatic rings. The van der Waals surface area contributed by atoms with Gasteiger partial charge in [0.15, 0.2) is 0 Å². The Kier molecular flexibility index (Phi) is 5.73. The van der Waals surface area contributed by atoms with Crippen molar-refractivity contribution < 1.29 is 9.53 Å². The number of carbonyl (C=O) groups excluding carboxylic acids is 1. The number of rotatable bonds is 5. The first-order valence-electron chi connectivity index (χ1n) is 5.95. The van der Waals surface area contributed by atoms with E-state index in [9.17, 15) is 4.79 Å². The molecule has 5 nitrogen and oxygen atoms in total. The first-order valence-corrected chi connectivity index (χ1v) is 5.95. The molecule has 16 heavy (non-hydrogen) atoms. The zero-order valence-electron chi connectivity index (χ0n) is 10.3. The Balaban J connectivity index is 2.24. The molecule has 5 heteroatoms. The van der Waals surface area contributed by atoms with Crippen molar-refractivity contribution in [1.29, 1.82) is 0 Å². The van der Waals surface area contributed by atoms with Gasteiger partial charge in [-0.3, -0.25) is 9.69 Å². The summed E-state index contributed by atoms with van der Waals surface area (Å²) in [5.41, 5.74) is 5.72. The highest BCUT2D eigenvalue weighted by Crippen LogP contribution is 2.03. The Morgan fingerprint density at radius 1 is 1.31 bits per heavy atom. The van der Waals surface area contributed by atoms with Gasteiger partial charge in [0.25, 0.3) is 0 Å². The summed E-state index contributed by atoms with van der Waals surface area (Å²) in [7, 11) is 1.38. The largest absolute Gasteiger partial charge is 0.468 e. The first-order chi connectivity index (χ1) is 7.67. The van der Waals surface area contributed by atoms with E-state index in [2.05, 4.69) is 21.5 Å². The van der Waals surface area contributed by atoms with E-state index in [4.69, 9.17) is 5.73 Å². The highest BCUT2D eigenvalue weighted by atomic mass is 16.5. The van der Waals surface area contributed by atoms with Gasteiger partial charge < -0.3 is 15.4 Å². The summed E-state index contributed by atoms with van der Waals surface area (Å²) >= 11 is 0. The Labute approximate surface area is 97.5 Å². The average molecular weight is 229 g/mol. The Hall–Kier alpha value is -0.650. The zero-order valence-corrected chi connectivity index (χ0v) is 10.3. The Bertz CT molecular complexity index is 215. The fourth-order valence-electron chi connectivity index (χ4n) is 2.02. The second-order valence-corrected chi connectivity index (χ2v) is 4.27. The summed E-state index contributed by atoms with van der Waals surface area (Å²) in [6.45, 7) is 8.09. The molecule has 0 aromatic heterocycles. The highest BCUT2D eigenvalue weighted by molar-refractivity contribution is 5.75. The number of nitrogens with zero attached hydrogens (tertiary/aromatic N) is 2. The molecule has 0 saturated carbocycles. The van der Waals surface area contributed by atoms with Gasteiger partial charge in [-0.2, -0.15) is 0 Å². The minimum absolute atomic E-state index is 0.323. The lowest BCUT2D eigenvalue weighted by Crippen LogP contribution is -2.51. The van der Waals surface area contributed by atoms with Crippen molar-refractivity contribution in [1.82, 2.24) is 9.80 Å². The molecule has 0 aromatic carbocycles. The molecule has 1 fully saturated rings. The SMILES string of the molecule is CCCN1CCN(CC(N)C(=O)OC)CC1. The van der Waals surface area contributed by atoms with Crippen LogP contribution in [0.2, 0.25) is 0 Å². The number of carbonyl (C=O) groups is 1. The molecule has 0 bridgehead atoms. The fraction of sp³-hybridized carbons (Fsp3) is 0.909. The third kappa shape index (κ3) is 4.08. The van der Waals surface area contributed by atoms with E-state index in [0.717, 1.165) is 32.7 Å². The van der Waals surface area contributed by atoms with E-state index in [-0.39, 0.29) is 5.97 Å². The van der Waals surface area contributed by atoms with E-state index < -0.39 is 6.04 Å². The predicted molar refractivity (Wildman–Crippen MR) is 63.2 cm³/mol. The van der Waals surface area contributed by atoms with E-state index in [1.165, 1.54) is 13.5 Å². The molecular formula is C11H23N3O2. The molecule has 0 aliphatic carbocycles. The molecule has 2 N–H and O–H groups in total. The molecule has 0 aromatic rings. The maximum Gasteiger partial charge on any atom is 0.323 e. The van der Waals surface area contributed by atoms with Crippen molar-refractivity contribution in [3.63, 3.8) is 0 Å². The quantitative estimate of drug-likeness (QED) is 0.645. The van der Waals surface area contributed by atoms with Crippen LogP contribution in [-0.4, -0.2) is 68.2 Å². The van der Waals surface area contributed by atoms with E-state index >= 15 is 0 Å². The minimum Gasteiger partial charge on any atom is -0.468 e. The van der Waals surface area contributed by atoms with Gasteiger partial charge in [0.2, 0.25) is 0 Å². The van der Waals surface area contributed by atoms with Crippen LogP contribution in [-0.2, 0) is 9.53 Å². The zero-order chi connectivity index (χ0) is 12.0. The molecule has 1 atom stereocenters. The second-order valence-electron chi connectivity index (χ2n) is 4.27. The van der Waals surface area contributed by atoms with Gasteiger partial charge in [-0.15, -0.1) is 0 Å². The molecule has 1 rings (SSSR count). The van der Waals surface area contributed by atoms with Gasteiger partial charge >= 0.3 is 5.97 Å². The first kappa shape index (κ1) is 13.4. The number of piperazine rings is 1. The molecule has 1 heterocycles. The van der Waals surface area contributed by atoms with Gasteiger partial charge in [0.05, 0.1) is 7.11 Å². The normalized spacial score (nSPS) is 20.7. The van der Waals surface area contributed by atoms with Gasteiger partial charge in [0.1, 0.15) is 6.04 Å². The summed E-state index contributed by atoms with van der Waals surface area (Å²) in [6, 6.07) is -0.511. The molecule has 1 aliphatic heterocycles. The number of hydrogen-bond donors (Lipinski definition) is 1. The van der Waals surface area contributed by atoms with Crippen LogP contribution in [0.3, 0.4) is 0 Å². The van der Waals surface area contributed by atoms with Crippen molar-refractivity contribution in [3.05, 3.63) is 0 Å². The van der Waals surface area contributed by atoms with Crippen LogP contribution in [0.1, 0.15) is 13.3 Å². The molecular weight excluding hydrogens is 206 g/mol. The summed E-state index contributed by atoms with van der Waals surface area (Å²) in [5, 5.41) is 0. The van der Waals surface area contributed by atoms with Crippen LogP contribution in [0.5, 0.6) is 0 Å². The molecule has 1 saturated heterocycles. The Morgan fingerprint density at radius 3 is 2.38 bits per heavy atom. The lowest BCUT2D eigenvalue weighted by atomic mass is 10.2. The summed E-state index contributed by atoms with van der Waals surface area (Å²) < 4.78 is 4.61. The van der Waals surface area contributed by atoms with E-state index in [0.29, 0.717) is 6.54 Å². The van der Waals surface area contributed by atoms with Crippen LogP contribution in [0.4, 0.5) is 0 Å². The monoisotopic (exact) mass is 229 g/mol. The van der Waals surface area contributed by atoms with Crippen LogP contribution >= 0.6 is 0 Å². The van der Waals surface area contributed by atoms with Gasteiger partial charge in [-0.05, 0) is 13.0 Å². The third-order valence-corrected chi connectivity index (χ3v) is 2.96. The van der Waals surface area contributed by atoms with Crippen LogP contribution < -0.4 is 5.73 Å².